The molecule has 34 heavy (non-hydrogen) atoms. The van der Waals surface area contributed by atoms with Crippen LogP contribution >= 0.6 is 0 Å². The number of piperidine rings is 1. The summed E-state index contributed by atoms with van der Waals surface area (Å²) in [4.78, 5) is 15.5. The number of methoxy groups -OCH3 is 1. The maximum absolute atomic E-state index is 13.5. The first-order valence-electron chi connectivity index (χ1n) is 12.2. The maximum atomic E-state index is 13.5. The SMILES string of the molecule is COc1ccc(C(=O)NCc2ccccc2CN2CCCC2)cc1S(=O)(=O)N1CCCCC1C. The Morgan fingerprint density at radius 2 is 1.74 bits per heavy atom. The molecule has 0 aliphatic carbocycles. The highest BCUT2D eigenvalue weighted by atomic mass is 32.2. The van der Waals surface area contributed by atoms with Gasteiger partial charge in [-0.1, -0.05) is 30.7 Å². The molecule has 1 unspecified atom stereocenters. The van der Waals surface area contributed by atoms with Gasteiger partial charge < -0.3 is 10.1 Å². The lowest BCUT2D eigenvalue weighted by molar-refractivity contribution is 0.0950. The number of nitrogens with one attached hydrogen (secondary N) is 1. The summed E-state index contributed by atoms with van der Waals surface area (Å²) in [5.74, 6) is -0.0490. The molecule has 8 heteroatoms. The molecule has 2 aliphatic heterocycles. The summed E-state index contributed by atoms with van der Waals surface area (Å²) in [7, 11) is -2.33. The quantitative estimate of drug-likeness (QED) is 0.616. The average Bonchev–Trinajstić information content (AvgIpc) is 3.36. The van der Waals surface area contributed by atoms with Crippen LogP contribution in [0.25, 0.3) is 0 Å². The highest BCUT2D eigenvalue weighted by Gasteiger charge is 2.33. The van der Waals surface area contributed by atoms with Gasteiger partial charge in [0.1, 0.15) is 10.6 Å². The highest BCUT2D eigenvalue weighted by molar-refractivity contribution is 7.89. The lowest BCUT2D eigenvalue weighted by atomic mass is 10.1. The fraction of sp³-hybridized carbons (Fsp3) is 0.500. The minimum atomic E-state index is -3.77. The summed E-state index contributed by atoms with van der Waals surface area (Å²) in [6.45, 7) is 5.90. The van der Waals surface area contributed by atoms with Crippen LogP contribution in [0.5, 0.6) is 5.75 Å². The number of nitrogens with zero attached hydrogens (tertiary/aromatic N) is 2. The molecular formula is C26H35N3O4S. The van der Waals surface area contributed by atoms with Crippen molar-refractivity contribution in [3.05, 3.63) is 59.2 Å². The van der Waals surface area contributed by atoms with Crippen molar-refractivity contribution >= 4 is 15.9 Å². The molecule has 1 N–H and O–H groups in total. The minimum absolute atomic E-state index is 0.0471. The molecule has 7 nitrogen and oxygen atoms in total. The van der Waals surface area contributed by atoms with E-state index in [1.807, 2.05) is 25.1 Å². The van der Waals surface area contributed by atoms with Crippen LogP contribution in [0, 0.1) is 0 Å². The number of benzene rings is 2. The first-order valence-corrected chi connectivity index (χ1v) is 13.6. The zero-order chi connectivity index (χ0) is 24.1. The van der Waals surface area contributed by atoms with Gasteiger partial charge in [-0.3, -0.25) is 9.69 Å². The first-order chi connectivity index (χ1) is 16.4. The van der Waals surface area contributed by atoms with Crippen LogP contribution in [0.2, 0.25) is 0 Å². The topological polar surface area (TPSA) is 79.0 Å². The second-order valence-corrected chi connectivity index (χ2v) is 11.1. The van der Waals surface area contributed by atoms with Crippen LogP contribution in [0.3, 0.4) is 0 Å². The summed E-state index contributed by atoms with van der Waals surface area (Å²) >= 11 is 0. The van der Waals surface area contributed by atoms with E-state index in [9.17, 15) is 13.2 Å². The summed E-state index contributed by atoms with van der Waals surface area (Å²) in [6, 6.07) is 12.7. The van der Waals surface area contributed by atoms with Crippen molar-refractivity contribution in [1.29, 1.82) is 0 Å². The Kier molecular flexibility index (Phi) is 7.91. The monoisotopic (exact) mass is 485 g/mol. The number of ether oxygens (including phenoxy) is 1. The van der Waals surface area contributed by atoms with E-state index in [-0.39, 0.29) is 22.6 Å². The second-order valence-electron chi connectivity index (χ2n) is 9.26. The van der Waals surface area contributed by atoms with E-state index in [0.717, 1.165) is 44.5 Å². The van der Waals surface area contributed by atoms with Crippen LogP contribution in [0.1, 0.15) is 60.5 Å². The normalized spacial score (nSPS) is 19.8. The Labute approximate surface area is 203 Å². The molecule has 0 aromatic heterocycles. The van der Waals surface area contributed by atoms with E-state index in [1.54, 1.807) is 12.1 Å². The minimum Gasteiger partial charge on any atom is -0.495 e. The lowest BCUT2D eigenvalue weighted by Crippen LogP contribution is -2.42. The molecule has 2 fully saturated rings. The molecule has 1 atom stereocenters. The fourth-order valence-corrected chi connectivity index (χ4v) is 6.80. The molecule has 0 saturated carbocycles. The van der Waals surface area contributed by atoms with Crippen molar-refractivity contribution < 1.29 is 17.9 Å². The van der Waals surface area contributed by atoms with Gasteiger partial charge in [0.15, 0.2) is 0 Å². The van der Waals surface area contributed by atoms with Crippen molar-refractivity contribution in [2.45, 2.75) is 63.1 Å². The van der Waals surface area contributed by atoms with E-state index in [0.29, 0.717) is 18.7 Å². The lowest BCUT2D eigenvalue weighted by Gasteiger charge is -2.32. The molecule has 2 heterocycles. The van der Waals surface area contributed by atoms with Crippen LogP contribution in [-0.4, -0.2) is 56.3 Å². The number of carbonyl (C=O) groups excluding carboxylic acids is 1. The number of carbonyl (C=O) groups is 1. The Hall–Kier alpha value is -2.42. The van der Waals surface area contributed by atoms with Crippen molar-refractivity contribution in [2.24, 2.45) is 0 Å². The van der Waals surface area contributed by atoms with E-state index >= 15 is 0 Å². The fourth-order valence-electron chi connectivity index (χ4n) is 4.92. The predicted molar refractivity (Wildman–Crippen MR) is 132 cm³/mol. The smallest absolute Gasteiger partial charge is 0.251 e. The Bertz CT molecular complexity index is 1110. The largest absolute Gasteiger partial charge is 0.495 e. The van der Waals surface area contributed by atoms with Gasteiger partial charge in [0.05, 0.1) is 7.11 Å². The van der Waals surface area contributed by atoms with Crippen molar-refractivity contribution in [1.82, 2.24) is 14.5 Å². The molecular weight excluding hydrogens is 450 g/mol. The molecule has 2 aliphatic rings. The summed E-state index contributed by atoms with van der Waals surface area (Å²) < 4.78 is 33.8. The van der Waals surface area contributed by atoms with Crippen LogP contribution in [-0.2, 0) is 23.1 Å². The maximum Gasteiger partial charge on any atom is 0.251 e. The van der Waals surface area contributed by atoms with Gasteiger partial charge in [-0.15, -0.1) is 0 Å². The summed E-state index contributed by atoms with van der Waals surface area (Å²) in [5, 5.41) is 2.98. The van der Waals surface area contributed by atoms with Gasteiger partial charge >= 0.3 is 0 Å². The van der Waals surface area contributed by atoms with Gasteiger partial charge in [0, 0.05) is 31.2 Å². The number of rotatable bonds is 8. The zero-order valence-corrected chi connectivity index (χ0v) is 20.9. The number of hydrogen-bond donors (Lipinski definition) is 1. The molecule has 184 valence electrons. The third kappa shape index (κ3) is 5.45. The standard InChI is InChI=1S/C26H35N3O4S/c1-20-9-5-6-16-29(20)34(31,32)25-17-21(12-13-24(25)33-2)26(30)27-18-22-10-3-4-11-23(22)19-28-14-7-8-15-28/h3-4,10-13,17,20H,5-9,14-16,18-19H2,1-2H3,(H,27,30). The molecule has 2 saturated heterocycles. The Balaban J connectivity index is 1.51. The van der Waals surface area contributed by atoms with Crippen molar-refractivity contribution in [3.63, 3.8) is 0 Å². The molecule has 2 aromatic carbocycles. The molecule has 4 rings (SSSR count). The van der Waals surface area contributed by atoms with Gasteiger partial charge in [-0.25, -0.2) is 8.42 Å². The number of likely N-dealkylation sites (tertiary alicyclic amines) is 1. The number of amides is 1. The molecule has 0 radical (unpaired) electrons. The van der Waals surface area contributed by atoms with Gasteiger partial charge in [0.2, 0.25) is 10.0 Å². The van der Waals surface area contributed by atoms with E-state index in [1.165, 1.54) is 35.9 Å². The highest BCUT2D eigenvalue weighted by Crippen LogP contribution is 2.31. The Morgan fingerprint density at radius 1 is 1.03 bits per heavy atom. The molecule has 2 aromatic rings. The van der Waals surface area contributed by atoms with E-state index in [2.05, 4.69) is 16.3 Å². The van der Waals surface area contributed by atoms with Crippen molar-refractivity contribution in [3.8, 4) is 5.75 Å². The third-order valence-electron chi connectivity index (χ3n) is 6.90. The number of hydrogen-bond acceptors (Lipinski definition) is 5. The molecule has 1 amide bonds. The van der Waals surface area contributed by atoms with E-state index < -0.39 is 10.0 Å². The Morgan fingerprint density at radius 3 is 2.44 bits per heavy atom. The molecule has 0 bridgehead atoms. The van der Waals surface area contributed by atoms with Gasteiger partial charge in [-0.2, -0.15) is 4.31 Å². The summed E-state index contributed by atoms with van der Waals surface area (Å²) in [5.41, 5.74) is 2.59. The van der Waals surface area contributed by atoms with Crippen LogP contribution in [0.15, 0.2) is 47.4 Å². The van der Waals surface area contributed by atoms with Gasteiger partial charge in [-0.05, 0) is 75.0 Å². The first kappa shape index (κ1) is 24.7. The van der Waals surface area contributed by atoms with Crippen LogP contribution < -0.4 is 10.1 Å². The third-order valence-corrected chi connectivity index (χ3v) is 8.94. The second kappa shape index (κ2) is 10.9. The summed E-state index contributed by atoms with van der Waals surface area (Å²) in [6.07, 6.45) is 5.16. The van der Waals surface area contributed by atoms with Crippen molar-refractivity contribution in [2.75, 3.05) is 26.7 Å². The van der Waals surface area contributed by atoms with Crippen LogP contribution in [0.4, 0.5) is 0 Å². The number of sulfonamides is 1. The van der Waals surface area contributed by atoms with Gasteiger partial charge in [0.25, 0.3) is 5.91 Å². The zero-order valence-electron chi connectivity index (χ0n) is 20.1. The predicted octanol–water partition coefficient (Wildman–Crippen LogP) is 3.78. The molecule has 0 spiro atoms. The average molecular weight is 486 g/mol. The van der Waals surface area contributed by atoms with E-state index in [4.69, 9.17) is 4.74 Å².